The van der Waals surface area contributed by atoms with Crippen LogP contribution in [0.2, 0.25) is 0 Å². The molecule has 0 unspecified atom stereocenters. The molecule has 1 atom stereocenters. The lowest BCUT2D eigenvalue weighted by atomic mass is 10.0. The molecule has 4 rings (SSSR count). The molecular weight excluding hydrogens is 397 g/mol. The van der Waals surface area contributed by atoms with Crippen LogP contribution in [0.15, 0.2) is 24.5 Å². The Morgan fingerprint density at radius 1 is 1.30 bits per heavy atom. The van der Waals surface area contributed by atoms with Gasteiger partial charge in [0, 0.05) is 24.7 Å². The van der Waals surface area contributed by atoms with E-state index in [-0.39, 0.29) is 11.3 Å². The Morgan fingerprint density at radius 2 is 2.13 bits per heavy atom. The van der Waals surface area contributed by atoms with Gasteiger partial charge in [-0.15, -0.1) is 5.10 Å². The lowest BCUT2D eigenvalue weighted by molar-refractivity contribution is -0.137. The molecule has 1 aliphatic heterocycles. The highest BCUT2D eigenvalue weighted by atomic mass is 19.4. The summed E-state index contributed by atoms with van der Waals surface area (Å²) in [6.07, 6.45) is -0.819. The predicted octanol–water partition coefficient (Wildman–Crippen LogP) is 3.32. The fourth-order valence-electron chi connectivity index (χ4n) is 3.87. The number of nitrogens with zero attached hydrogens (tertiary/aromatic N) is 4. The number of imidazole rings is 1. The first-order valence-electron chi connectivity index (χ1n) is 9.91. The number of aromatic hydroxyl groups is 1. The summed E-state index contributed by atoms with van der Waals surface area (Å²) in [5, 5.41) is 22.1. The Balaban J connectivity index is 1.59. The Morgan fingerprint density at radius 3 is 2.87 bits per heavy atom. The fourth-order valence-corrected chi connectivity index (χ4v) is 3.87. The molecule has 1 fully saturated rings. The van der Waals surface area contributed by atoms with Crippen molar-refractivity contribution in [1.82, 2.24) is 30.4 Å². The van der Waals surface area contributed by atoms with E-state index in [2.05, 4.69) is 37.3 Å². The van der Waals surface area contributed by atoms with E-state index in [1.54, 1.807) is 0 Å². The molecule has 0 amide bonds. The number of likely N-dealkylation sites (tertiary alicyclic amines) is 1. The monoisotopic (exact) mass is 420 g/mol. The van der Waals surface area contributed by atoms with Crippen molar-refractivity contribution < 1.29 is 18.3 Å². The highest BCUT2D eigenvalue weighted by Crippen LogP contribution is 2.37. The summed E-state index contributed by atoms with van der Waals surface area (Å²) in [5.74, 6) is -0.511. The second-order valence-corrected chi connectivity index (χ2v) is 7.46. The minimum Gasteiger partial charge on any atom is -0.507 e. The Labute approximate surface area is 171 Å². The molecular formula is C20H23F3N6O. The van der Waals surface area contributed by atoms with Crippen LogP contribution in [-0.4, -0.2) is 55.8 Å². The van der Waals surface area contributed by atoms with Gasteiger partial charge in [0.15, 0.2) is 0 Å². The number of aromatic amines is 1. The lowest BCUT2D eigenvalue weighted by Gasteiger charge is -2.32. The average molecular weight is 420 g/mol. The van der Waals surface area contributed by atoms with Gasteiger partial charge in [-0.05, 0) is 44.1 Å². The van der Waals surface area contributed by atoms with Crippen LogP contribution >= 0.6 is 0 Å². The molecule has 0 aliphatic carbocycles. The van der Waals surface area contributed by atoms with Crippen molar-refractivity contribution in [2.45, 2.75) is 38.5 Å². The fraction of sp³-hybridized carbons (Fsp3) is 0.450. The maximum atomic E-state index is 12.9. The van der Waals surface area contributed by atoms with Gasteiger partial charge >= 0.3 is 6.18 Å². The summed E-state index contributed by atoms with van der Waals surface area (Å²) in [7, 11) is 0. The second-order valence-electron chi connectivity index (χ2n) is 7.46. The molecule has 0 spiro atoms. The lowest BCUT2D eigenvalue weighted by Crippen LogP contribution is -2.45. The van der Waals surface area contributed by atoms with Crippen molar-refractivity contribution in [3.05, 3.63) is 35.8 Å². The number of hydrogen-bond acceptors (Lipinski definition) is 6. The van der Waals surface area contributed by atoms with Gasteiger partial charge in [-0.3, -0.25) is 0 Å². The number of aromatic nitrogens is 4. The summed E-state index contributed by atoms with van der Waals surface area (Å²) >= 11 is 0. The number of phenolic OH excluding ortho intramolecular Hbond substituents is 1. The van der Waals surface area contributed by atoms with Crippen LogP contribution in [-0.2, 0) is 12.7 Å². The molecule has 1 aromatic carbocycles. The summed E-state index contributed by atoms with van der Waals surface area (Å²) < 4.78 is 38.6. The molecule has 30 heavy (non-hydrogen) atoms. The zero-order chi connectivity index (χ0) is 21.3. The number of nitrogens with one attached hydrogen (secondary N) is 2. The molecule has 1 saturated heterocycles. The molecule has 3 heterocycles. The molecule has 10 heteroatoms. The zero-order valence-electron chi connectivity index (χ0n) is 16.5. The van der Waals surface area contributed by atoms with Crippen molar-refractivity contribution in [3.63, 3.8) is 0 Å². The van der Waals surface area contributed by atoms with E-state index in [0.29, 0.717) is 35.4 Å². The molecule has 0 saturated carbocycles. The maximum Gasteiger partial charge on any atom is 0.416 e. The van der Waals surface area contributed by atoms with Gasteiger partial charge in [-0.25, -0.2) is 4.98 Å². The molecule has 1 aliphatic rings. The summed E-state index contributed by atoms with van der Waals surface area (Å²) in [5.41, 5.74) is 1.25. The maximum absolute atomic E-state index is 12.9. The number of benzene rings is 1. The van der Waals surface area contributed by atoms with Gasteiger partial charge in [0.2, 0.25) is 0 Å². The van der Waals surface area contributed by atoms with E-state index in [1.807, 2.05) is 0 Å². The van der Waals surface area contributed by atoms with Crippen molar-refractivity contribution in [2.24, 2.45) is 0 Å². The number of piperidine rings is 1. The van der Waals surface area contributed by atoms with Gasteiger partial charge in [-0.2, -0.15) is 18.3 Å². The number of alkyl halides is 3. The standard InChI is InChI=1S/C20H23F3N6O/c1-2-29-7-3-4-13(10-29)24-9-15-18-19(26-11-25-18)17(28-27-15)14-6-5-12(8-16(14)30)20(21,22)23/h5-6,8,11,13,24,30H,2-4,7,9-10H2,1H3,(H,25,26)/t13-/m0/s1. The van der Waals surface area contributed by atoms with Crippen LogP contribution in [0.5, 0.6) is 5.75 Å². The highest BCUT2D eigenvalue weighted by molar-refractivity contribution is 5.91. The SMILES string of the molecule is CCN1CCC[C@H](NCc2nnc(-c3ccc(C(F)(F)F)cc3O)c3[nH]cnc23)C1. The van der Waals surface area contributed by atoms with E-state index in [1.165, 1.54) is 12.4 Å². The van der Waals surface area contributed by atoms with Crippen LogP contribution in [0.1, 0.15) is 31.0 Å². The van der Waals surface area contributed by atoms with E-state index in [9.17, 15) is 18.3 Å². The minimum atomic E-state index is -4.53. The van der Waals surface area contributed by atoms with E-state index in [4.69, 9.17) is 0 Å². The third-order valence-corrected chi connectivity index (χ3v) is 5.51. The third kappa shape index (κ3) is 4.10. The largest absolute Gasteiger partial charge is 0.507 e. The Kier molecular flexibility index (Phi) is 5.61. The van der Waals surface area contributed by atoms with Crippen LogP contribution in [0.25, 0.3) is 22.3 Å². The van der Waals surface area contributed by atoms with E-state index in [0.717, 1.165) is 38.5 Å². The highest BCUT2D eigenvalue weighted by Gasteiger charge is 2.31. The average Bonchev–Trinajstić information content (AvgIpc) is 3.22. The van der Waals surface area contributed by atoms with E-state index < -0.39 is 17.5 Å². The molecule has 3 aromatic rings. The molecule has 0 radical (unpaired) electrons. The second kappa shape index (κ2) is 8.19. The number of hydrogen-bond donors (Lipinski definition) is 3. The first-order valence-corrected chi connectivity index (χ1v) is 9.91. The number of H-pyrrole nitrogens is 1. The third-order valence-electron chi connectivity index (χ3n) is 5.51. The van der Waals surface area contributed by atoms with E-state index >= 15 is 0 Å². The van der Waals surface area contributed by atoms with Crippen LogP contribution in [0.4, 0.5) is 13.2 Å². The van der Waals surface area contributed by atoms with Crippen molar-refractivity contribution >= 4 is 11.0 Å². The van der Waals surface area contributed by atoms with Gasteiger partial charge < -0.3 is 20.3 Å². The summed E-state index contributed by atoms with van der Waals surface area (Å²) in [6, 6.07) is 3.16. The normalized spacial score (nSPS) is 18.2. The zero-order valence-corrected chi connectivity index (χ0v) is 16.5. The van der Waals surface area contributed by atoms with Gasteiger partial charge in [0.1, 0.15) is 22.7 Å². The molecule has 7 nitrogen and oxygen atoms in total. The van der Waals surface area contributed by atoms with Crippen LogP contribution < -0.4 is 5.32 Å². The molecule has 160 valence electrons. The van der Waals surface area contributed by atoms with Gasteiger partial charge in [0.25, 0.3) is 0 Å². The Bertz CT molecular complexity index is 1040. The number of phenols is 1. The van der Waals surface area contributed by atoms with Gasteiger partial charge in [-0.1, -0.05) is 6.92 Å². The first-order chi connectivity index (χ1) is 14.4. The van der Waals surface area contributed by atoms with Crippen LogP contribution in [0, 0.1) is 0 Å². The van der Waals surface area contributed by atoms with Gasteiger partial charge in [0.05, 0.1) is 17.4 Å². The van der Waals surface area contributed by atoms with Crippen molar-refractivity contribution in [2.75, 3.05) is 19.6 Å². The summed E-state index contributed by atoms with van der Waals surface area (Å²) in [6.45, 7) is 5.74. The number of fused-ring (bicyclic) bond motifs is 1. The first kappa shape index (κ1) is 20.5. The molecule has 3 N–H and O–H groups in total. The summed E-state index contributed by atoms with van der Waals surface area (Å²) in [4.78, 5) is 9.68. The van der Waals surface area contributed by atoms with Crippen molar-refractivity contribution in [1.29, 1.82) is 0 Å². The minimum absolute atomic E-state index is 0.162. The Hall–Kier alpha value is -2.72. The topological polar surface area (TPSA) is 90.0 Å². The number of halogens is 3. The molecule has 0 bridgehead atoms. The number of likely N-dealkylation sites (N-methyl/N-ethyl adjacent to an activating group) is 1. The smallest absolute Gasteiger partial charge is 0.416 e. The predicted molar refractivity (Wildman–Crippen MR) is 106 cm³/mol. The quantitative estimate of drug-likeness (QED) is 0.587. The van der Waals surface area contributed by atoms with Crippen LogP contribution in [0.3, 0.4) is 0 Å². The molecule has 2 aromatic heterocycles. The van der Waals surface area contributed by atoms with Crippen molar-refractivity contribution in [3.8, 4) is 17.0 Å². The number of rotatable bonds is 5.